The van der Waals surface area contributed by atoms with Crippen molar-refractivity contribution in [3.8, 4) is 5.88 Å². The second kappa shape index (κ2) is 4.49. The molecule has 1 aromatic heterocycles. The Morgan fingerprint density at radius 1 is 1.32 bits per heavy atom. The molecule has 19 heavy (non-hydrogen) atoms. The summed E-state index contributed by atoms with van der Waals surface area (Å²) >= 11 is 0. The van der Waals surface area contributed by atoms with Crippen LogP contribution in [0.15, 0.2) is 6.20 Å². The highest BCUT2D eigenvalue weighted by atomic mass is 16.5. The molecule has 0 aromatic carbocycles. The predicted octanol–water partition coefficient (Wildman–Crippen LogP) is 1.27. The van der Waals surface area contributed by atoms with Crippen molar-refractivity contribution in [3.63, 3.8) is 0 Å². The topological polar surface area (TPSA) is 39.5 Å². The highest BCUT2D eigenvalue weighted by Crippen LogP contribution is 2.34. The Morgan fingerprint density at radius 3 is 2.68 bits per heavy atom. The van der Waals surface area contributed by atoms with Crippen LogP contribution in [0.3, 0.4) is 0 Å². The van der Waals surface area contributed by atoms with Crippen LogP contribution in [0.5, 0.6) is 5.88 Å². The maximum atomic E-state index is 5.98. The van der Waals surface area contributed by atoms with Gasteiger partial charge in [-0.25, -0.2) is 4.68 Å². The van der Waals surface area contributed by atoms with Gasteiger partial charge in [-0.1, -0.05) is 20.8 Å². The first-order valence-electron chi connectivity index (χ1n) is 6.95. The van der Waals surface area contributed by atoms with Crippen molar-refractivity contribution in [2.75, 3.05) is 26.8 Å². The molecular formula is C14H23N3O2. The van der Waals surface area contributed by atoms with Crippen molar-refractivity contribution in [2.45, 2.75) is 44.9 Å². The molecule has 106 valence electrons. The van der Waals surface area contributed by atoms with E-state index in [4.69, 9.17) is 9.47 Å². The lowest BCUT2D eigenvalue weighted by Gasteiger charge is -2.44. The molecule has 1 fully saturated rings. The van der Waals surface area contributed by atoms with E-state index in [9.17, 15) is 0 Å². The van der Waals surface area contributed by atoms with Gasteiger partial charge >= 0.3 is 0 Å². The number of rotatable bonds is 2. The van der Waals surface area contributed by atoms with Crippen LogP contribution in [0.25, 0.3) is 0 Å². The second-order valence-corrected chi connectivity index (χ2v) is 6.57. The van der Waals surface area contributed by atoms with Gasteiger partial charge in [-0.3, -0.25) is 4.90 Å². The van der Waals surface area contributed by atoms with Crippen molar-refractivity contribution in [2.24, 2.45) is 0 Å². The number of hydrogen-bond donors (Lipinski definition) is 0. The Kier molecular flexibility index (Phi) is 3.06. The van der Waals surface area contributed by atoms with Crippen molar-refractivity contribution < 1.29 is 9.47 Å². The number of hydrogen-bond acceptors (Lipinski definition) is 4. The van der Waals surface area contributed by atoms with E-state index in [2.05, 4.69) is 30.8 Å². The minimum Gasteiger partial charge on any atom is -0.476 e. The van der Waals surface area contributed by atoms with Crippen LogP contribution in [0, 0.1) is 0 Å². The summed E-state index contributed by atoms with van der Waals surface area (Å²) in [6, 6.07) is 0.423. The molecule has 0 amide bonds. The Balaban J connectivity index is 1.70. The van der Waals surface area contributed by atoms with E-state index in [1.54, 1.807) is 7.11 Å². The number of fused-ring (bicyclic) bond motifs is 1. The monoisotopic (exact) mass is 265 g/mol. The smallest absolute Gasteiger partial charge is 0.215 e. The van der Waals surface area contributed by atoms with Gasteiger partial charge in [0.15, 0.2) is 0 Å². The lowest BCUT2D eigenvalue weighted by molar-refractivity contribution is -0.0685. The zero-order chi connectivity index (χ0) is 13.6. The van der Waals surface area contributed by atoms with Crippen LogP contribution in [-0.2, 0) is 16.7 Å². The van der Waals surface area contributed by atoms with Crippen LogP contribution in [0.1, 0.15) is 26.3 Å². The summed E-state index contributed by atoms with van der Waals surface area (Å²) in [5.41, 5.74) is 1.28. The standard InChI is InChI=1S/C14H23N3O2/c1-14(2,3)12-5-15-17-6-10(9-19-13(12)17)16-7-11(8-16)18-4/h5,10-11H,6-9H2,1-4H3. The van der Waals surface area contributed by atoms with Crippen molar-refractivity contribution >= 4 is 0 Å². The van der Waals surface area contributed by atoms with Gasteiger partial charge in [-0.05, 0) is 5.41 Å². The molecule has 0 radical (unpaired) electrons. The summed E-state index contributed by atoms with van der Waals surface area (Å²) in [5.74, 6) is 0.951. The first kappa shape index (κ1) is 12.9. The molecule has 2 aliphatic heterocycles. The molecule has 0 aliphatic carbocycles. The predicted molar refractivity (Wildman–Crippen MR) is 72.6 cm³/mol. The Hall–Kier alpha value is -1.07. The maximum Gasteiger partial charge on any atom is 0.215 e. The molecule has 2 aliphatic rings. The third kappa shape index (κ3) is 2.25. The minimum absolute atomic E-state index is 0.0817. The molecule has 5 heteroatoms. The third-order valence-electron chi connectivity index (χ3n) is 4.12. The van der Waals surface area contributed by atoms with Gasteiger partial charge in [0.2, 0.25) is 5.88 Å². The molecular weight excluding hydrogens is 242 g/mol. The zero-order valence-corrected chi connectivity index (χ0v) is 12.2. The Bertz CT molecular complexity index is 458. The molecule has 5 nitrogen and oxygen atoms in total. The third-order valence-corrected chi connectivity index (χ3v) is 4.12. The van der Waals surface area contributed by atoms with E-state index in [0.717, 1.165) is 32.1 Å². The number of likely N-dealkylation sites (tertiary alicyclic amines) is 1. The first-order valence-corrected chi connectivity index (χ1v) is 6.95. The molecule has 1 unspecified atom stereocenters. The van der Waals surface area contributed by atoms with E-state index >= 15 is 0 Å². The Labute approximate surface area is 114 Å². The van der Waals surface area contributed by atoms with Gasteiger partial charge in [0.1, 0.15) is 6.61 Å². The maximum absolute atomic E-state index is 5.98. The van der Waals surface area contributed by atoms with Crippen LogP contribution < -0.4 is 4.74 Å². The zero-order valence-electron chi connectivity index (χ0n) is 12.2. The van der Waals surface area contributed by atoms with Gasteiger partial charge in [0, 0.05) is 25.8 Å². The summed E-state index contributed by atoms with van der Waals surface area (Å²) in [5, 5.41) is 4.49. The quantitative estimate of drug-likeness (QED) is 0.807. The molecule has 1 aromatic rings. The van der Waals surface area contributed by atoms with Gasteiger partial charge in [0.25, 0.3) is 0 Å². The number of aromatic nitrogens is 2. The van der Waals surface area contributed by atoms with Gasteiger partial charge in [0.05, 0.1) is 24.9 Å². The Morgan fingerprint density at radius 2 is 2.05 bits per heavy atom. The molecule has 0 N–H and O–H groups in total. The molecule has 0 bridgehead atoms. The van der Waals surface area contributed by atoms with E-state index in [0.29, 0.717) is 12.1 Å². The van der Waals surface area contributed by atoms with Crippen molar-refractivity contribution in [1.82, 2.24) is 14.7 Å². The molecule has 1 saturated heterocycles. The largest absolute Gasteiger partial charge is 0.476 e. The normalized spacial score (nSPS) is 24.7. The molecule has 3 rings (SSSR count). The van der Waals surface area contributed by atoms with E-state index < -0.39 is 0 Å². The highest BCUT2D eigenvalue weighted by molar-refractivity contribution is 5.32. The summed E-state index contributed by atoms with van der Waals surface area (Å²) < 4.78 is 13.3. The summed E-state index contributed by atoms with van der Waals surface area (Å²) in [7, 11) is 1.78. The molecule has 1 atom stereocenters. The van der Waals surface area contributed by atoms with Crippen LogP contribution in [0.2, 0.25) is 0 Å². The van der Waals surface area contributed by atoms with Gasteiger partial charge in [-0.2, -0.15) is 5.10 Å². The second-order valence-electron chi connectivity index (χ2n) is 6.57. The number of nitrogens with zero attached hydrogens (tertiary/aromatic N) is 3. The first-order chi connectivity index (χ1) is 8.99. The van der Waals surface area contributed by atoms with E-state index in [1.807, 2.05) is 10.9 Å². The lowest BCUT2D eigenvalue weighted by atomic mass is 9.89. The average molecular weight is 265 g/mol. The summed E-state index contributed by atoms with van der Waals surface area (Å²) in [4.78, 5) is 2.41. The fraction of sp³-hybridized carbons (Fsp3) is 0.786. The van der Waals surface area contributed by atoms with Crippen molar-refractivity contribution in [3.05, 3.63) is 11.8 Å². The van der Waals surface area contributed by atoms with Crippen LogP contribution >= 0.6 is 0 Å². The van der Waals surface area contributed by atoms with E-state index in [-0.39, 0.29) is 5.41 Å². The fourth-order valence-corrected chi connectivity index (χ4v) is 2.74. The number of methoxy groups -OCH3 is 1. The van der Waals surface area contributed by atoms with Crippen molar-refractivity contribution in [1.29, 1.82) is 0 Å². The summed E-state index contributed by atoms with van der Waals surface area (Å²) in [6.45, 7) is 10.3. The summed E-state index contributed by atoms with van der Waals surface area (Å²) in [6.07, 6.45) is 2.34. The average Bonchev–Trinajstić information content (AvgIpc) is 2.70. The molecule has 0 saturated carbocycles. The molecule has 3 heterocycles. The minimum atomic E-state index is 0.0817. The fourth-order valence-electron chi connectivity index (χ4n) is 2.74. The van der Waals surface area contributed by atoms with Crippen LogP contribution in [0.4, 0.5) is 0 Å². The van der Waals surface area contributed by atoms with Gasteiger partial charge < -0.3 is 9.47 Å². The lowest BCUT2D eigenvalue weighted by Crippen LogP contribution is -2.59. The van der Waals surface area contributed by atoms with E-state index in [1.165, 1.54) is 5.56 Å². The number of ether oxygens (including phenoxy) is 2. The highest BCUT2D eigenvalue weighted by Gasteiger charge is 2.36. The SMILES string of the molecule is COC1CN(C2COc3c(C(C)(C)C)cnn3C2)C1. The van der Waals surface area contributed by atoms with Gasteiger partial charge in [-0.15, -0.1) is 0 Å². The molecule has 0 spiro atoms. The van der Waals surface area contributed by atoms with Crippen LogP contribution in [-0.4, -0.2) is 53.6 Å².